The molecule has 1 unspecified atom stereocenters. The molecule has 6 nitrogen and oxygen atoms in total. The highest BCUT2D eigenvalue weighted by Gasteiger charge is 2.31. The number of ether oxygens (including phenoxy) is 2. The zero-order valence-corrected chi connectivity index (χ0v) is 15.7. The third kappa shape index (κ3) is 7.59. The third-order valence-electron chi connectivity index (χ3n) is 4.41. The van der Waals surface area contributed by atoms with E-state index >= 15 is 0 Å². The van der Waals surface area contributed by atoms with Gasteiger partial charge in [-0.2, -0.15) is 11.8 Å². The fourth-order valence-corrected chi connectivity index (χ4v) is 4.12. The molecule has 0 aromatic heterocycles. The van der Waals surface area contributed by atoms with Crippen molar-refractivity contribution >= 4 is 17.7 Å². The molecule has 2 aliphatic rings. The molecule has 2 heterocycles. The lowest BCUT2D eigenvalue weighted by atomic mass is 10.0. The topological polar surface area (TPSA) is 75.1 Å². The van der Waals surface area contributed by atoms with Crippen LogP contribution in [0.4, 0.5) is 0 Å². The molecule has 0 aromatic rings. The van der Waals surface area contributed by atoms with Crippen LogP contribution in [-0.4, -0.2) is 74.2 Å². The van der Waals surface area contributed by atoms with Gasteiger partial charge in [0.15, 0.2) is 5.96 Å². The lowest BCUT2D eigenvalue weighted by Crippen LogP contribution is -2.40. The van der Waals surface area contributed by atoms with Gasteiger partial charge in [-0.05, 0) is 44.3 Å². The van der Waals surface area contributed by atoms with E-state index in [2.05, 4.69) is 15.6 Å². The van der Waals surface area contributed by atoms with Crippen LogP contribution in [-0.2, 0) is 9.47 Å². The Balaban J connectivity index is 1.57. The molecule has 24 heavy (non-hydrogen) atoms. The Hall–Kier alpha value is -0.500. The summed E-state index contributed by atoms with van der Waals surface area (Å²) in [5, 5.41) is 16.9. The van der Waals surface area contributed by atoms with Crippen molar-refractivity contribution in [1.29, 1.82) is 0 Å². The summed E-state index contributed by atoms with van der Waals surface area (Å²) in [7, 11) is 0. The Morgan fingerprint density at radius 2 is 2.21 bits per heavy atom. The molecule has 0 aromatic carbocycles. The van der Waals surface area contributed by atoms with Crippen molar-refractivity contribution in [3.63, 3.8) is 0 Å². The molecule has 2 fully saturated rings. The van der Waals surface area contributed by atoms with Crippen LogP contribution in [0.5, 0.6) is 0 Å². The summed E-state index contributed by atoms with van der Waals surface area (Å²) in [6.45, 7) is 7.54. The number of hydrogen-bond donors (Lipinski definition) is 3. The van der Waals surface area contributed by atoms with Gasteiger partial charge in [0.05, 0.1) is 12.1 Å². The first-order chi connectivity index (χ1) is 11.7. The van der Waals surface area contributed by atoms with Crippen molar-refractivity contribution in [2.24, 2.45) is 10.9 Å². The van der Waals surface area contributed by atoms with E-state index in [9.17, 15) is 5.11 Å². The Kier molecular flexibility index (Phi) is 9.23. The number of aliphatic hydroxyl groups is 1. The Bertz CT molecular complexity index is 370. The molecule has 2 rings (SSSR count). The maximum atomic E-state index is 10.4. The number of nitrogens with zero attached hydrogens (tertiary/aromatic N) is 1. The summed E-state index contributed by atoms with van der Waals surface area (Å²) >= 11 is 1.80. The van der Waals surface area contributed by atoms with Crippen LogP contribution in [0.25, 0.3) is 0 Å². The first-order valence-corrected chi connectivity index (χ1v) is 10.3. The van der Waals surface area contributed by atoms with E-state index in [1.807, 2.05) is 6.92 Å². The van der Waals surface area contributed by atoms with E-state index in [0.29, 0.717) is 12.5 Å². The van der Waals surface area contributed by atoms with E-state index in [4.69, 9.17) is 9.47 Å². The third-order valence-corrected chi connectivity index (χ3v) is 5.64. The highest BCUT2D eigenvalue weighted by molar-refractivity contribution is 7.99. The predicted molar refractivity (Wildman–Crippen MR) is 99.9 cm³/mol. The van der Waals surface area contributed by atoms with E-state index in [0.717, 1.165) is 82.7 Å². The maximum Gasteiger partial charge on any atom is 0.191 e. The standard InChI is InChI=1S/C17H33N3O3S/c1-2-18-16(20-13-17(21)6-11-24-14-17)19-7-3-8-23-12-15-4-9-22-10-5-15/h15,21H,2-14H2,1H3,(H2,18,19,20). The number of rotatable bonds is 9. The summed E-state index contributed by atoms with van der Waals surface area (Å²) < 4.78 is 11.1. The van der Waals surface area contributed by atoms with Crippen LogP contribution < -0.4 is 10.6 Å². The van der Waals surface area contributed by atoms with Crippen molar-refractivity contribution < 1.29 is 14.6 Å². The van der Waals surface area contributed by atoms with Gasteiger partial charge < -0.3 is 25.2 Å². The minimum Gasteiger partial charge on any atom is -0.387 e. The van der Waals surface area contributed by atoms with Crippen LogP contribution in [0, 0.1) is 5.92 Å². The molecule has 0 amide bonds. The lowest BCUT2D eigenvalue weighted by molar-refractivity contribution is 0.0203. The van der Waals surface area contributed by atoms with Crippen molar-refractivity contribution in [3.8, 4) is 0 Å². The highest BCUT2D eigenvalue weighted by Crippen LogP contribution is 2.27. The molecule has 2 aliphatic heterocycles. The summed E-state index contributed by atoms with van der Waals surface area (Å²) in [5.41, 5.74) is -0.625. The molecule has 0 aliphatic carbocycles. The average molecular weight is 360 g/mol. The zero-order valence-electron chi connectivity index (χ0n) is 14.9. The number of thioether (sulfide) groups is 1. The largest absolute Gasteiger partial charge is 0.387 e. The van der Waals surface area contributed by atoms with Gasteiger partial charge in [0, 0.05) is 45.3 Å². The Labute approximate surface area is 150 Å². The van der Waals surface area contributed by atoms with E-state index in [1.54, 1.807) is 11.8 Å². The van der Waals surface area contributed by atoms with Crippen molar-refractivity contribution in [3.05, 3.63) is 0 Å². The molecule has 3 N–H and O–H groups in total. The number of aliphatic imine (C=N–C) groups is 1. The molecule has 2 saturated heterocycles. The highest BCUT2D eigenvalue weighted by atomic mass is 32.2. The van der Waals surface area contributed by atoms with Gasteiger partial charge >= 0.3 is 0 Å². The second-order valence-corrected chi connectivity index (χ2v) is 7.74. The van der Waals surface area contributed by atoms with Gasteiger partial charge in [-0.1, -0.05) is 0 Å². The van der Waals surface area contributed by atoms with Crippen LogP contribution in [0.3, 0.4) is 0 Å². The lowest BCUT2D eigenvalue weighted by Gasteiger charge is -2.21. The molecule has 1 atom stereocenters. The van der Waals surface area contributed by atoms with Gasteiger partial charge in [0.2, 0.25) is 0 Å². The fraction of sp³-hybridized carbons (Fsp3) is 0.941. The van der Waals surface area contributed by atoms with Gasteiger partial charge in [-0.15, -0.1) is 0 Å². The molecule has 0 bridgehead atoms. The number of nitrogens with one attached hydrogen (secondary N) is 2. The average Bonchev–Trinajstić information content (AvgIpc) is 3.03. The molecule has 0 radical (unpaired) electrons. The maximum absolute atomic E-state index is 10.4. The summed E-state index contributed by atoms with van der Waals surface area (Å²) in [6, 6.07) is 0. The minimum absolute atomic E-state index is 0.468. The summed E-state index contributed by atoms with van der Waals surface area (Å²) in [6.07, 6.45) is 4.03. The van der Waals surface area contributed by atoms with Crippen molar-refractivity contribution in [1.82, 2.24) is 10.6 Å². The fourth-order valence-electron chi connectivity index (χ4n) is 2.83. The van der Waals surface area contributed by atoms with Crippen LogP contribution in [0.2, 0.25) is 0 Å². The zero-order chi connectivity index (χ0) is 17.1. The second kappa shape index (κ2) is 11.2. The quantitative estimate of drug-likeness (QED) is 0.327. The van der Waals surface area contributed by atoms with E-state index < -0.39 is 5.60 Å². The number of hydrogen-bond acceptors (Lipinski definition) is 5. The smallest absolute Gasteiger partial charge is 0.191 e. The minimum atomic E-state index is -0.625. The Morgan fingerprint density at radius 3 is 2.92 bits per heavy atom. The summed E-state index contributed by atoms with van der Waals surface area (Å²) in [5.74, 6) is 3.26. The molecule has 7 heteroatoms. The van der Waals surface area contributed by atoms with Crippen LogP contribution >= 0.6 is 11.8 Å². The molecule has 0 saturated carbocycles. The van der Waals surface area contributed by atoms with Crippen molar-refractivity contribution in [2.75, 3.05) is 57.6 Å². The SMILES string of the molecule is CCNC(=NCC1(O)CCSC1)NCCCOCC1CCOCC1. The van der Waals surface area contributed by atoms with Gasteiger partial charge in [-0.25, -0.2) is 0 Å². The number of guanidine groups is 1. The van der Waals surface area contributed by atoms with Crippen LogP contribution in [0.15, 0.2) is 4.99 Å². The van der Waals surface area contributed by atoms with Gasteiger partial charge in [0.25, 0.3) is 0 Å². The first-order valence-electron chi connectivity index (χ1n) is 9.20. The summed E-state index contributed by atoms with van der Waals surface area (Å²) in [4.78, 5) is 4.53. The van der Waals surface area contributed by atoms with E-state index in [1.165, 1.54) is 0 Å². The first kappa shape index (κ1) is 19.8. The second-order valence-electron chi connectivity index (χ2n) is 6.63. The molecular weight excluding hydrogens is 326 g/mol. The normalized spacial score (nSPS) is 25.8. The Morgan fingerprint density at radius 1 is 1.38 bits per heavy atom. The molecule has 140 valence electrons. The monoisotopic (exact) mass is 359 g/mol. The molecule has 0 spiro atoms. The molecular formula is C17H33N3O3S. The predicted octanol–water partition coefficient (Wildman–Crippen LogP) is 1.24. The van der Waals surface area contributed by atoms with Crippen molar-refractivity contribution in [2.45, 2.75) is 38.2 Å². The van der Waals surface area contributed by atoms with Crippen LogP contribution in [0.1, 0.15) is 32.6 Å². The van der Waals surface area contributed by atoms with Gasteiger partial charge in [-0.3, -0.25) is 4.99 Å². The van der Waals surface area contributed by atoms with Gasteiger partial charge in [0.1, 0.15) is 0 Å². The van der Waals surface area contributed by atoms with E-state index in [-0.39, 0.29) is 0 Å².